The fourth-order valence-corrected chi connectivity index (χ4v) is 0.908. The van der Waals surface area contributed by atoms with Gasteiger partial charge in [0.05, 0.1) is 12.2 Å². The van der Waals surface area contributed by atoms with Crippen LogP contribution in [0.4, 0.5) is 13.2 Å². The molecule has 0 atom stereocenters. The van der Waals surface area contributed by atoms with Crippen LogP contribution in [0.1, 0.15) is 23.4 Å². The summed E-state index contributed by atoms with van der Waals surface area (Å²) in [6.45, 7) is -0.732. The molecule has 1 rings (SSSR count). The van der Waals surface area contributed by atoms with E-state index in [0.29, 0.717) is 6.07 Å². The number of rotatable bonds is 2. The lowest BCUT2D eigenvalue weighted by Crippen LogP contribution is -2.02. The van der Waals surface area contributed by atoms with Gasteiger partial charge in [0.1, 0.15) is 23.3 Å². The average Bonchev–Trinajstić information content (AvgIpc) is 2.17. The van der Waals surface area contributed by atoms with E-state index in [-0.39, 0.29) is 0 Å². The van der Waals surface area contributed by atoms with Crippen LogP contribution in [0.25, 0.3) is 0 Å². The van der Waals surface area contributed by atoms with Crippen LogP contribution in [-0.2, 0) is 6.61 Å². The minimum absolute atomic E-state index is 0.411. The highest BCUT2D eigenvalue weighted by atomic mass is 19.3. The first-order valence-electron chi connectivity index (χ1n) is 3.58. The topological polar surface area (TPSA) is 56.9 Å². The Hall–Kier alpha value is -1.61. The van der Waals surface area contributed by atoms with Gasteiger partial charge in [-0.1, -0.05) is 0 Å². The molecule has 0 unspecified atom stereocenters. The Morgan fingerprint density at radius 1 is 1.57 bits per heavy atom. The number of pyridine rings is 1. The monoisotopic (exact) mass is 202 g/mol. The summed E-state index contributed by atoms with van der Waals surface area (Å²) in [5.74, 6) is -1.04. The zero-order chi connectivity index (χ0) is 10.7. The Kier molecular flexibility index (Phi) is 3.04. The van der Waals surface area contributed by atoms with Gasteiger partial charge in [-0.15, -0.1) is 0 Å². The van der Waals surface area contributed by atoms with Gasteiger partial charge in [-0.3, -0.25) is 0 Å². The fourth-order valence-electron chi connectivity index (χ4n) is 0.908. The largest absolute Gasteiger partial charge is 0.390 e. The van der Waals surface area contributed by atoms with Gasteiger partial charge >= 0.3 is 0 Å². The zero-order valence-electron chi connectivity index (χ0n) is 6.84. The summed E-state index contributed by atoms with van der Waals surface area (Å²) in [7, 11) is 0. The third kappa shape index (κ3) is 1.83. The lowest BCUT2D eigenvalue weighted by molar-refractivity contribution is 0.149. The van der Waals surface area contributed by atoms with Crippen molar-refractivity contribution in [2.45, 2.75) is 13.0 Å². The van der Waals surface area contributed by atoms with Crippen LogP contribution in [-0.4, -0.2) is 10.1 Å². The van der Waals surface area contributed by atoms with E-state index in [9.17, 15) is 13.2 Å². The van der Waals surface area contributed by atoms with Crippen molar-refractivity contribution in [3.05, 3.63) is 28.8 Å². The highest BCUT2D eigenvalue weighted by molar-refractivity contribution is 5.34. The van der Waals surface area contributed by atoms with Gasteiger partial charge in [0.2, 0.25) is 0 Å². The van der Waals surface area contributed by atoms with Crippen LogP contribution < -0.4 is 0 Å². The Labute approximate surface area is 77.4 Å². The molecule has 3 nitrogen and oxygen atoms in total. The molecule has 1 N–H and O–H groups in total. The maximum absolute atomic E-state index is 12.9. The number of aliphatic hydroxyl groups is 1. The molecule has 0 bridgehead atoms. The van der Waals surface area contributed by atoms with Crippen molar-refractivity contribution < 1.29 is 18.3 Å². The number of aromatic nitrogens is 1. The Morgan fingerprint density at radius 3 is 2.64 bits per heavy atom. The second-order valence-corrected chi connectivity index (χ2v) is 2.43. The third-order valence-corrected chi connectivity index (χ3v) is 1.57. The van der Waals surface area contributed by atoms with Gasteiger partial charge in [0.15, 0.2) is 0 Å². The SMILES string of the molecule is N#Cc1nc(CO)c(F)cc1C(F)F. The third-order valence-electron chi connectivity index (χ3n) is 1.57. The minimum Gasteiger partial charge on any atom is -0.390 e. The Bertz CT molecular complexity index is 387. The van der Waals surface area contributed by atoms with Gasteiger partial charge < -0.3 is 5.11 Å². The van der Waals surface area contributed by atoms with Gasteiger partial charge in [-0.05, 0) is 6.07 Å². The summed E-state index contributed by atoms with van der Waals surface area (Å²) in [6.07, 6.45) is -2.96. The molecule has 0 aliphatic heterocycles. The van der Waals surface area contributed by atoms with Crippen LogP contribution in [0.3, 0.4) is 0 Å². The summed E-state index contributed by atoms with van der Waals surface area (Å²) < 4.78 is 37.3. The first kappa shape index (κ1) is 10.5. The maximum atomic E-state index is 12.9. The molecular weight excluding hydrogens is 197 g/mol. The first-order valence-corrected chi connectivity index (χ1v) is 3.58. The van der Waals surface area contributed by atoms with E-state index >= 15 is 0 Å². The molecule has 74 valence electrons. The number of hydrogen-bond donors (Lipinski definition) is 1. The Morgan fingerprint density at radius 2 is 2.21 bits per heavy atom. The summed E-state index contributed by atoms with van der Waals surface area (Å²) in [4.78, 5) is 3.26. The van der Waals surface area contributed by atoms with E-state index in [4.69, 9.17) is 10.4 Å². The van der Waals surface area contributed by atoms with E-state index in [0.717, 1.165) is 0 Å². The van der Waals surface area contributed by atoms with Gasteiger partial charge in [0.25, 0.3) is 6.43 Å². The lowest BCUT2D eigenvalue weighted by atomic mass is 10.2. The molecular formula is C8H5F3N2O. The normalized spacial score (nSPS) is 10.3. The van der Waals surface area contributed by atoms with E-state index in [1.54, 1.807) is 0 Å². The van der Waals surface area contributed by atoms with E-state index < -0.39 is 35.8 Å². The van der Waals surface area contributed by atoms with Crippen LogP contribution in [0.5, 0.6) is 0 Å². The van der Waals surface area contributed by atoms with E-state index in [1.807, 2.05) is 0 Å². The van der Waals surface area contributed by atoms with Crippen molar-refractivity contribution in [3.63, 3.8) is 0 Å². The molecule has 0 saturated heterocycles. The van der Waals surface area contributed by atoms with E-state index in [2.05, 4.69) is 4.98 Å². The predicted octanol–water partition coefficient (Wildman–Crippen LogP) is 1.52. The summed E-state index contributed by atoms with van der Waals surface area (Å²) in [5.41, 5.74) is -1.74. The maximum Gasteiger partial charge on any atom is 0.266 e. The molecule has 6 heteroatoms. The second-order valence-electron chi connectivity index (χ2n) is 2.43. The van der Waals surface area contributed by atoms with Crippen molar-refractivity contribution in [3.8, 4) is 6.07 Å². The molecule has 0 aliphatic rings. The van der Waals surface area contributed by atoms with E-state index in [1.165, 1.54) is 6.07 Å². The molecule has 0 radical (unpaired) electrons. The zero-order valence-corrected chi connectivity index (χ0v) is 6.84. The van der Waals surface area contributed by atoms with Crippen molar-refractivity contribution in [2.24, 2.45) is 0 Å². The van der Waals surface area contributed by atoms with Crippen LogP contribution in [0, 0.1) is 17.1 Å². The fraction of sp³-hybridized carbons (Fsp3) is 0.250. The first-order chi connectivity index (χ1) is 6.60. The number of nitrogens with zero attached hydrogens (tertiary/aromatic N) is 2. The highest BCUT2D eigenvalue weighted by Gasteiger charge is 2.17. The van der Waals surface area contributed by atoms with Crippen LogP contribution in [0.15, 0.2) is 6.07 Å². The van der Waals surface area contributed by atoms with Crippen molar-refractivity contribution in [2.75, 3.05) is 0 Å². The van der Waals surface area contributed by atoms with Gasteiger partial charge in [-0.25, -0.2) is 18.2 Å². The summed E-state index contributed by atoms with van der Waals surface area (Å²) >= 11 is 0. The number of hydrogen-bond acceptors (Lipinski definition) is 3. The molecule has 1 aromatic heterocycles. The molecule has 0 fully saturated rings. The number of aliphatic hydroxyl groups excluding tert-OH is 1. The average molecular weight is 202 g/mol. The highest BCUT2D eigenvalue weighted by Crippen LogP contribution is 2.23. The second kappa shape index (κ2) is 4.07. The number of alkyl halides is 2. The van der Waals surface area contributed by atoms with Gasteiger partial charge in [-0.2, -0.15) is 5.26 Å². The van der Waals surface area contributed by atoms with Gasteiger partial charge in [0, 0.05) is 0 Å². The molecule has 0 spiro atoms. The van der Waals surface area contributed by atoms with Crippen molar-refractivity contribution in [1.82, 2.24) is 4.98 Å². The quantitative estimate of drug-likeness (QED) is 0.790. The minimum atomic E-state index is -2.96. The standard InChI is InChI=1S/C8H5F3N2O/c9-5-1-4(8(10)11)6(2-12)13-7(5)3-14/h1,8,14H,3H2. The van der Waals surface area contributed by atoms with Crippen LogP contribution in [0.2, 0.25) is 0 Å². The summed E-state index contributed by atoms with van der Waals surface area (Å²) in [5, 5.41) is 17.0. The smallest absolute Gasteiger partial charge is 0.266 e. The molecule has 1 heterocycles. The molecule has 0 aromatic carbocycles. The molecule has 1 aromatic rings. The predicted molar refractivity (Wildman–Crippen MR) is 39.8 cm³/mol. The molecule has 14 heavy (non-hydrogen) atoms. The van der Waals surface area contributed by atoms with Crippen LogP contribution >= 0.6 is 0 Å². The molecule has 0 saturated carbocycles. The lowest BCUT2D eigenvalue weighted by Gasteiger charge is -2.04. The van der Waals surface area contributed by atoms with Crippen molar-refractivity contribution >= 4 is 0 Å². The molecule has 0 aliphatic carbocycles. The Balaban J connectivity index is 3.33. The summed E-state index contributed by atoms with van der Waals surface area (Å²) in [6, 6.07) is 1.93. The molecule has 0 amide bonds. The number of nitriles is 1. The number of halogens is 3. The van der Waals surface area contributed by atoms with Crippen molar-refractivity contribution in [1.29, 1.82) is 5.26 Å².